The monoisotopic (exact) mass is 386 g/mol. The highest BCUT2D eigenvalue weighted by Crippen LogP contribution is 2.28. The molecule has 0 aliphatic carbocycles. The second kappa shape index (κ2) is 9.90. The van der Waals surface area contributed by atoms with Gasteiger partial charge in [0.05, 0.1) is 16.1 Å². The highest BCUT2D eigenvalue weighted by molar-refractivity contribution is 6.42. The van der Waals surface area contributed by atoms with E-state index in [4.69, 9.17) is 28.9 Å². The maximum Gasteiger partial charge on any atom is 0.237 e. The predicted molar refractivity (Wildman–Crippen MR) is 104 cm³/mol. The average Bonchev–Trinajstić information content (AvgIpc) is 2.56. The van der Waals surface area contributed by atoms with E-state index in [0.717, 1.165) is 23.1 Å². The fourth-order valence-corrected chi connectivity index (χ4v) is 2.55. The van der Waals surface area contributed by atoms with Gasteiger partial charge < -0.3 is 11.1 Å². The molecule has 24 heavy (non-hydrogen) atoms. The van der Waals surface area contributed by atoms with E-state index in [0.29, 0.717) is 23.0 Å². The summed E-state index contributed by atoms with van der Waals surface area (Å²) in [5.41, 5.74) is 8.85. The first-order chi connectivity index (χ1) is 11.0. The van der Waals surface area contributed by atoms with Crippen molar-refractivity contribution in [3.05, 3.63) is 58.1 Å². The summed E-state index contributed by atoms with van der Waals surface area (Å²) in [6.07, 6.45) is 1.59. The Morgan fingerprint density at radius 1 is 1.08 bits per heavy atom. The highest BCUT2D eigenvalue weighted by Gasteiger charge is 2.11. The van der Waals surface area contributed by atoms with Crippen LogP contribution in [-0.4, -0.2) is 11.9 Å². The largest absolute Gasteiger partial charge is 0.351 e. The van der Waals surface area contributed by atoms with Crippen molar-refractivity contribution < 1.29 is 4.79 Å². The van der Waals surface area contributed by atoms with Gasteiger partial charge >= 0.3 is 0 Å². The Hall–Kier alpha value is -1.26. The Bertz CT molecular complexity index is 674. The first-order valence-corrected chi connectivity index (χ1v) is 8.34. The van der Waals surface area contributed by atoms with Crippen molar-refractivity contribution in [2.75, 3.05) is 0 Å². The molecular formula is C18H21Cl3N2O. The van der Waals surface area contributed by atoms with Crippen LogP contribution in [0.15, 0.2) is 42.5 Å². The number of nitrogens with two attached hydrogens (primary N) is 1. The summed E-state index contributed by atoms with van der Waals surface area (Å²) >= 11 is 12.0. The van der Waals surface area contributed by atoms with Crippen molar-refractivity contribution >= 4 is 41.5 Å². The van der Waals surface area contributed by atoms with Gasteiger partial charge in [-0.05, 0) is 35.2 Å². The van der Waals surface area contributed by atoms with E-state index in [-0.39, 0.29) is 18.3 Å². The zero-order valence-corrected chi connectivity index (χ0v) is 15.7. The van der Waals surface area contributed by atoms with Crippen LogP contribution in [0.4, 0.5) is 0 Å². The minimum Gasteiger partial charge on any atom is -0.351 e. The average molecular weight is 388 g/mol. The first-order valence-electron chi connectivity index (χ1n) is 7.59. The van der Waals surface area contributed by atoms with Crippen molar-refractivity contribution in [2.24, 2.45) is 5.73 Å². The van der Waals surface area contributed by atoms with Crippen LogP contribution in [0, 0.1) is 0 Å². The molecule has 0 saturated carbocycles. The minimum atomic E-state index is -0.435. The molecule has 0 aromatic heterocycles. The molecule has 2 aromatic rings. The van der Waals surface area contributed by atoms with E-state index in [9.17, 15) is 4.79 Å². The second-order valence-corrected chi connectivity index (χ2v) is 6.25. The van der Waals surface area contributed by atoms with Gasteiger partial charge in [0.1, 0.15) is 0 Å². The number of hydrogen-bond acceptors (Lipinski definition) is 2. The number of benzene rings is 2. The van der Waals surface area contributed by atoms with Crippen molar-refractivity contribution in [3.8, 4) is 11.1 Å². The van der Waals surface area contributed by atoms with Gasteiger partial charge in [0, 0.05) is 6.54 Å². The lowest BCUT2D eigenvalue weighted by Crippen LogP contribution is -2.40. The molecule has 0 aliphatic rings. The van der Waals surface area contributed by atoms with Crippen LogP contribution in [-0.2, 0) is 11.3 Å². The lowest BCUT2D eigenvalue weighted by molar-refractivity contribution is -0.122. The maximum absolute atomic E-state index is 11.8. The topological polar surface area (TPSA) is 55.1 Å². The lowest BCUT2D eigenvalue weighted by atomic mass is 10.0. The van der Waals surface area contributed by atoms with Gasteiger partial charge in [-0.15, -0.1) is 12.4 Å². The number of halogens is 3. The maximum atomic E-state index is 11.8. The molecule has 0 spiro atoms. The normalized spacial score (nSPS) is 11.5. The third-order valence-corrected chi connectivity index (χ3v) is 4.35. The van der Waals surface area contributed by atoms with Gasteiger partial charge in [0.2, 0.25) is 5.91 Å². The fourth-order valence-electron chi connectivity index (χ4n) is 2.25. The first kappa shape index (κ1) is 20.8. The fraction of sp³-hybridized carbons (Fsp3) is 0.278. The summed E-state index contributed by atoms with van der Waals surface area (Å²) in [6, 6.07) is 13.0. The van der Waals surface area contributed by atoms with E-state index in [1.807, 2.05) is 43.3 Å². The SMILES string of the molecule is CCC[C@H](N)C(=O)NCc1ccc(-c2ccc(Cl)c(Cl)c2)cc1.Cl. The molecule has 0 aliphatic heterocycles. The van der Waals surface area contributed by atoms with Crippen LogP contribution in [0.25, 0.3) is 11.1 Å². The van der Waals surface area contributed by atoms with Gasteiger partial charge in [0.15, 0.2) is 0 Å². The molecule has 0 bridgehead atoms. The van der Waals surface area contributed by atoms with Crippen LogP contribution in [0.2, 0.25) is 10.0 Å². The van der Waals surface area contributed by atoms with E-state index in [2.05, 4.69) is 5.32 Å². The summed E-state index contributed by atoms with van der Waals surface area (Å²) < 4.78 is 0. The number of carbonyl (C=O) groups is 1. The summed E-state index contributed by atoms with van der Waals surface area (Å²) in [4.78, 5) is 11.8. The molecular weight excluding hydrogens is 367 g/mol. The van der Waals surface area contributed by atoms with Crippen LogP contribution in [0.1, 0.15) is 25.3 Å². The number of amides is 1. The molecule has 1 amide bonds. The molecule has 0 unspecified atom stereocenters. The standard InChI is InChI=1S/C18H20Cl2N2O.ClH/c1-2-3-17(21)18(23)22-11-12-4-6-13(7-5-12)14-8-9-15(19)16(20)10-14;/h4-10,17H,2-3,11,21H2,1H3,(H,22,23);1H/t17-;/m0./s1. The molecule has 6 heteroatoms. The Morgan fingerprint density at radius 2 is 1.71 bits per heavy atom. The smallest absolute Gasteiger partial charge is 0.237 e. The van der Waals surface area contributed by atoms with Crippen molar-refractivity contribution in [2.45, 2.75) is 32.4 Å². The molecule has 2 aromatic carbocycles. The van der Waals surface area contributed by atoms with Crippen LogP contribution in [0.3, 0.4) is 0 Å². The number of nitrogens with one attached hydrogen (secondary N) is 1. The molecule has 130 valence electrons. The Morgan fingerprint density at radius 3 is 2.29 bits per heavy atom. The minimum absolute atomic E-state index is 0. The summed E-state index contributed by atoms with van der Waals surface area (Å²) in [5, 5.41) is 3.93. The number of rotatable bonds is 6. The van der Waals surface area contributed by atoms with Crippen LogP contribution in [0.5, 0.6) is 0 Å². The Balaban J connectivity index is 0.00000288. The zero-order valence-electron chi connectivity index (χ0n) is 13.4. The van der Waals surface area contributed by atoms with Crippen molar-refractivity contribution in [1.82, 2.24) is 5.32 Å². The summed E-state index contributed by atoms with van der Waals surface area (Å²) in [7, 11) is 0. The highest BCUT2D eigenvalue weighted by atomic mass is 35.5. The van der Waals surface area contributed by atoms with Gasteiger partial charge in [-0.1, -0.05) is 66.9 Å². The Kier molecular flexibility index (Phi) is 8.57. The molecule has 2 rings (SSSR count). The molecule has 0 heterocycles. The quantitative estimate of drug-likeness (QED) is 0.746. The zero-order chi connectivity index (χ0) is 16.8. The Labute approximate surface area is 158 Å². The van der Waals surface area contributed by atoms with Gasteiger partial charge in [-0.3, -0.25) is 4.79 Å². The van der Waals surface area contributed by atoms with Gasteiger partial charge in [0.25, 0.3) is 0 Å². The van der Waals surface area contributed by atoms with E-state index < -0.39 is 6.04 Å². The van der Waals surface area contributed by atoms with E-state index >= 15 is 0 Å². The van der Waals surface area contributed by atoms with Gasteiger partial charge in [-0.2, -0.15) is 0 Å². The number of carbonyl (C=O) groups excluding carboxylic acids is 1. The van der Waals surface area contributed by atoms with Gasteiger partial charge in [-0.25, -0.2) is 0 Å². The van der Waals surface area contributed by atoms with E-state index in [1.165, 1.54) is 0 Å². The second-order valence-electron chi connectivity index (χ2n) is 5.44. The third-order valence-electron chi connectivity index (χ3n) is 3.61. The summed E-state index contributed by atoms with van der Waals surface area (Å²) in [6.45, 7) is 2.48. The van der Waals surface area contributed by atoms with Crippen LogP contribution >= 0.6 is 35.6 Å². The predicted octanol–water partition coefficient (Wildman–Crippen LogP) is 4.83. The van der Waals surface area contributed by atoms with Crippen LogP contribution < -0.4 is 11.1 Å². The van der Waals surface area contributed by atoms with Crippen molar-refractivity contribution in [1.29, 1.82) is 0 Å². The van der Waals surface area contributed by atoms with Crippen molar-refractivity contribution in [3.63, 3.8) is 0 Å². The molecule has 0 saturated heterocycles. The number of hydrogen-bond donors (Lipinski definition) is 2. The molecule has 0 radical (unpaired) electrons. The molecule has 3 nitrogen and oxygen atoms in total. The van der Waals surface area contributed by atoms with E-state index in [1.54, 1.807) is 6.07 Å². The molecule has 0 fully saturated rings. The third kappa shape index (κ3) is 5.67. The lowest BCUT2D eigenvalue weighted by Gasteiger charge is -2.11. The molecule has 1 atom stereocenters. The summed E-state index contributed by atoms with van der Waals surface area (Å²) in [5.74, 6) is -0.111. The molecule has 3 N–H and O–H groups in total.